The first-order valence-corrected chi connectivity index (χ1v) is 6.55. The largest absolute Gasteiger partial charge is 0.228 e. The number of benzene rings is 1. The second-order valence-corrected chi connectivity index (χ2v) is 4.46. The molecule has 1 atom stereocenters. The molecule has 1 aromatic carbocycles. The number of unbranched alkanes of at least 4 members (excludes halogenated alkanes) is 5. The summed E-state index contributed by atoms with van der Waals surface area (Å²) in [4.78, 5) is 0. The average Bonchev–Trinajstić information content (AvgIpc) is 2.34. The Balaban J connectivity index is 2.09. The molecule has 1 heteroatoms. The summed E-state index contributed by atoms with van der Waals surface area (Å²) in [5.41, 5.74) is 0.941. The van der Waals surface area contributed by atoms with Crippen LogP contribution in [0.25, 0.3) is 0 Å². The van der Waals surface area contributed by atoms with Crippen molar-refractivity contribution in [2.45, 2.75) is 58.0 Å². The molecule has 0 spiro atoms. The fourth-order valence-electron chi connectivity index (χ4n) is 1.94. The predicted octanol–water partition coefficient (Wildman–Crippen LogP) is 4.91. The Morgan fingerprint density at radius 3 is 2.25 bits per heavy atom. The van der Waals surface area contributed by atoms with Crippen LogP contribution in [0.1, 0.15) is 63.5 Å². The van der Waals surface area contributed by atoms with E-state index in [9.17, 15) is 5.11 Å². The maximum Gasteiger partial charge on any atom is 0.118 e. The number of hydrogen-bond donors (Lipinski definition) is 0. The van der Waals surface area contributed by atoms with Gasteiger partial charge in [0.15, 0.2) is 0 Å². The third-order valence-corrected chi connectivity index (χ3v) is 2.99. The molecule has 1 nitrogen and oxygen atoms in total. The Morgan fingerprint density at radius 1 is 0.938 bits per heavy atom. The number of rotatable bonds is 8. The van der Waals surface area contributed by atoms with Crippen LogP contribution in [0.15, 0.2) is 30.3 Å². The van der Waals surface area contributed by atoms with Gasteiger partial charge in [-0.1, -0.05) is 75.8 Å². The summed E-state index contributed by atoms with van der Waals surface area (Å²) in [5.74, 6) is 0. The molecule has 0 heterocycles. The molecule has 0 saturated heterocycles. The highest BCUT2D eigenvalue weighted by Crippen LogP contribution is 2.20. The third-order valence-electron chi connectivity index (χ3n) is 2.99. The van der Waals surface area contributed by atoms with Crippen molar-refractivity contribution in [3.05, 3.63) is 35.9 Å². The van der Waals surface area contributed by atoms with E-state index in [2.05, 4.69) is 6.92 Å². The zero-order valence-electron chi connectivity index (χ0n) is 10.3. The zero-order chi connectivity index (χ0) is 11.6. The summed E-state index contributed by atoms with van der Waals surface area (Å²) in [6.45, 7) is 2.23. The topological polar surface area (TPSA) is 19.9 Å². The average molecular weight is 219 g/mol. The Morgan fingerprint density at radius 2 is 1.56 bits per heavy atom. The van der Waals surface area contributed by atoms with Crippen LogP contribution in [0.5, 0.6) is 0 Å². The van der Waals surface area contributed by atoms with E-state index < -0.39 is 6.10 Å². The lowest BCUT2D eigenvalue weighted by molar-refractivity contribution is 0.0786. The van der Waals surface area contributed by atoms with Crippen LogP contribution in [0, 0.1) is 0 Å². The lowest BCUT2D eigenvalue weighted by Crippen LogP contribution is -1.95. The molecule has 0 aliphatic rings. The molecule has 1 rings (SSSR count). The maximum absolute atomic E-state index is 11.8. The lowest BCUT2D eigenvalue weighted by atomic mass is 10.0. The van der Waals surface area contributed by atoms with E-state index in [0.29, 0.717) is 0 Å². The van der Waals surface area contributed by atoms with Crippen LogP contribution in [0.2, 0.25) is 0 Å². The smallest absolute Gasteiger partial charge is 0.118 e. The van der Waals surface area contributed by atoms with Crippen molar-refractivity contribution >= 4 is 0 Å². The van der Waals surface area contributed by atoms with Crippen LogP contribution in [-0.4, -0.2) is 0 Å². The van der Waals surface area contributed by atoms with Crippen molar-refractivity contribution in [1.82, 2.24) is 0 Å². The molecule has 0 aromatic heterocycles. The normalized spacial score (nSPS) is 12.6. The summed E-state index contributed by atoms with van der Waals surface area (Å²) in [6, 6.07) is 9.73. The summed E-state index contributed by atoms with van der Waals surface area (Å²) in [5, 5.41) is 11.8. The van der Waals surface area contributed by atoms with Crippen molar-refractivity contribution in [3.63, 3.8) is 0 Å². The monoisotopic (exact) mass is 219 g/mol. The Bertz CT molecular complexity index is 255. The molecule has 0 N–H and O–H groups in total. The summed E-state index contributed by atoms with van der Waals surface area (Å²) in [7, 11) is 0. The van der Waals surface area contributed by atoms with E-state index in [-0.39, 0.29) is 0 Å². The molecule has 0 saturated carbocycles. The van der Waals surface area contributed by atoms with Crippen molar-refractivity contribution in [1.29, 1.82) is 0 Å². The van der Waals surface area contributed by atoms with Crippen molar-refractivity contribution < 1.29 is 5.11 Å². The van der Waals surface area contributed by atoms with Crippen molar-refractivity contribution in [3.8, 4) is 0 Å². The van der Waals surface area contributed by atoms with Gasteiger partial charge in [0.1, 0.15) is 6.10 Å². The quantitative estimate of drug-likeness (QED) is 0.554. The van der Waals surface area contributed by atoms with Crippen molar-refractivity contribution in [2.75, 3.05) is 0 Å². The standard InChI is InChI=1S/C15H23O/c1-2-3-4-5-6-10-13-15(16)14-11-8-7-9-12-14/h7-9,11-12,15H,2-6,10,13H2,1H3. The van der Waals surface area contributed by atoms with E-state index in [4.69, 9.17) is 0 Å². The summed E-state index contributed by atoms with van der Waals surface area (Å²) in [6.07, 6.45) is 7.79. The third kappa shape index (κ3) is 5.32. The van der Waals surface area contributed by atoms with E-state index in [0.717, 1.165) is 18.4 Å². The van der Waals surface area contributed by atoms with Gasteiger partial charge >= 0.3 is 0 Å². The molecule has 0 amide bonds. The summed E-state index contributed by atoms with van der Waals surface area (Å²) < 4.78 is 0. The minimum atomic E-state index is -0.521. The molecular weight excluding hydrogens is 196 g/mol. The van der Waals surface area contributed by atoms with Gasteiger partial charge in [0.2, 0.25) is 0 Å². The van der Waals surface area contributed by atoms with Crippen LogP contribution in [-0.2, 0) is 5.11 Å². The van der Waals surface area contributed by atoms with Gasteiger partial charge in [0.05, 0.1) is 0 Å². The Kier molecular flexibility index (Phi) is 6.91. The van der Waals surface area contributed by atoms with Gasteiger partial charge in [-0.2, -0.15) is 0 Å². The molecule has 0 bridgehead atoms. The van der Waals surface area contributed by atoms with Gasteiger partial charge in [-0.05, 0) is 12.0 Å². The molecule has 1 unspecified atom stereocenters. The highest BCUT2D eigenvalue weighted by Gasteiger charge is 2.07. The first-order chi connectivity index (χ1) is 7.84. The van der Waals surface area contributed by atoms with Gasteiger partial charge in [-0.25, -0.2) is 5.11 Å². The van der Waals surface area contributed by atoms with Crippen molar-refractivity contribution in [2.24, 2.45) is 0 Å². The maximum atomic E-state index is 11.8. The fourth-order valence-corrected chi connectivity index (χ4v) is 1.94. The van der Waals surface area contributed by atoms with Gasteiger partial charge in [-0.3, -0.25) is 0 Å². The van der Waals surface area contributed by atoms with Crippen LogP contribution < -0.4 is 0 Å². The molecular formula is C15H23O. The van der Waals surface area contributed by atoms with E-state index in [1.165, 1.54) is 32.1 Å². The predicted molar refractivity (Wildman–Crippen MR) is 67.9 cm³/mol. The minimum absolute atomic E-state index is 0.521. The van der Waals surface area contributed by atoms with Crippen LogP contribution in [0.3, 0.4) is 0 Å². The second-order valence-electron chi connectivity index (χ2n) is 4.46. The molecule has 1 radical (unpaired) electrons. The summed E-state index contributed by atoms with van der Waals surface area (Å²) >= 11 is 0. The van der Waals surface area contributed by atoms with E-state index in [1.54, 1.807) is 0 Å². The Hall–Kier alpha value is -0.820. The fraction of sp³-hybridized carbons (Fsp3) is 0.600. The van der Waals surface area contributed by atoms with Crippen LogP contribution in [0.4, 0.5) is 0 Å². The zero-order valence-corrected chi connectivity index (χ0v) is 10.3. The number of hydrogen-bond acceptors (Lipinski definition) is 0. The molecule has 0 aliphatic carbocycles. The first kappa shape index (κ1) is 13.2. The van der Waals surface area contributed by atoms with E-state index in [1.807, 2.05) is 30.3 Å². The molecule has 89 valence electrons. The molecule has 0 fully saturated rings. The molecule has 1 aromatic rings. The highest BCUT2D eigenvalue weighted by molar-refractivity contribution is 5.16. The minimum Gasteiger partial charge on any atom is -0.228 e. The van der Waals surface area contributed by atoms with Gasteiger partial charge in [0.25, 0.3) is 0 Å². The molecule has 0 aliphatic heterocycles. The SMILES string of the molecule is CCCCCCCCC([O])c1ccccc1. The van der Waals surface area contributed by atoms with Crippen LogP contribution >= 0.6 is 0 Å². The first-order valence-electron chi connectivity index (χ1n) is 6.55. The highest BCUT2D eigenvalue weighted by atomic mass is 16.3. The second kappa shape index (κ2) is 8.35. The lowest BCUT2D eigenvalue weighted by Gasteiger charge is -2.08. The van der Waals surface area contributed by atoms with Gasteiger partial charge in [0, 0.05) is 0 Å². The van der Waals surface area contributed by atoms with E-state index >= 15 is 0 Å². The van der Waals surface area contributed by atoms with Gasteiger partial charge < -0.3 is 0 Å². The molecule has 16 heavy (non-hydrogen) atoms. The van der Waals surface area contributed by atoms with Gasteiger partial charge in [-0.15, -0.1) is 0 Å². The Labute approximate surface area is 99.5 Å².